The highest BCUT2D eigenvalue weighted by Gasteiger charge is 2.43. The van der Waals surface area contributed by atoms with Gasteiger partial charge in [0, 0.05) is 24.2 Å². The van der Waals surface area contributed by atoms with Crippen LogP contribution in [0.1, 0.15) is 46.7 Å². The van der Waals surface area contributed by atoms with Crippen LogP contribution in [0.3, 0.4) is 0 Å². The molecule has 164 valence electrons. The zero-order valence-electron chi connectivity index (χ0n) is 19.0. The Hall–Kier alpha value is -3.49. The smallest absolute Gasteiger partial charge is 0.0604 e. The van der Waals surface area contributed by atoms with Crippen molar-refractivity contribution >= 4 is 6.21 Å². The van der Waals surface area contributed by atoms with Gasteiger partial charge in [-0.15, -0.1) is 0 Å². The maximum Gasteiger partial charge on any atom is 0.0604 e. The van der Waals surface area contributed by atoms with E-state index in [-0.39, 0.29) is 18.0 Å². The van der Waals surface area contributed by atoms with Gasteiger partial charge in [-0.3, -0.25) is 9.89 Å². The molecular weight excluding hydrogens is 400 g/mol. The van der Waals surface area contributed by atoms with Crippen LogP contribution in [0, 0.1) is 0 Å². The highest BCUT2D eigenvalue weighted by molar-refractivity contribution is 5.79. The fraction of sp³-hybridized carbons (Fsp3) is 0.194. The predicted octanol–water partition coefficient (Wildman–Crippen LogP) is 7.08. The summed E-state index contributed by atoms with van der Waals surface area (Å²) in [5, 5.41) is 0. The summed E-state index contributed by atoms with van der Waals surface area (Å²) < 4.78 is 0. The van der Waals surface area contributed by atoms with Crippen molar-refractivity contribution in [1.82, 2.24) is 4.90 Å². The van der Waals surface area contributed by atoms with Crippen LogP contribution in [0.5, 0.6) is 0 Å². The Labute approximate surface area is 197 Å². The van der Waals surface area contributed by atoms with Crippen molar-refractivity contribution < 1.29 is 0 Å². The summed E-state index contributed by atoms with van der Waals surface area (Å²) in [5.41, 5.74) is 5.19. The lowest BCUT2D eigenvalue weighted by atomic mass is 9.74. The summed E-state index contributed by atoms with van der Waals surface area (Å²) >= 11 is 0. The Kier molecular flexibility index (Phi) is 6.46. The number of piperidine rings is 1. The van der Waals surface area contributed by atoms with Crippen molar-refractivity contribution in [1.29, 1.82) is 0 Å². The van der Waals surface area contributed by atoms with Crippen LogP contribution in [0.4, 0.5) is 0 Å². The van der Waals surface area contributed by atoms with Crippen LogP contribution >= 0.6 is 0 Å². The monoisotopic (exact) mass is 430 g/mol. The van der Waals surface area contributed by atoms with E-state index in [1.165, 1.54) is 16.7 Å². The molecule has 0 spiro atoms. The van der Waals surface area contributed by atoms with E-state index < -0.39 is 0 Å². The van der Waals surface area contributed by atoms with Gasteiger partial charge >= 0.3 is 0 Å². The minimum Gasteiger partial charge on any atom is -0.292 e. The Bertz CT molecular complexity index is 1160. The summed E-state index contributed by atoms with van der Waals surface area (Å²) in [6, 6.07) is 43.9. The summed E-state index contributed by atoms with van der Waals surface area (Å²) in [6.45, 7) is 0. The van der Waals surface area contributed by atoms with Gasteiger partial charge in [-0.05, 0) is 35.7 Å². The first kappa shape index (κ1) is 21.4. The molecule has 4 aromatic carbocycles. The van der Waals surface area contributed by atoms with E-state index in [1.54, 1.807) is 0 Å². The molecule has 0 saturated carbocycles. The van der Waals surface area contributed by atoms with E-state index in [4.69, 9.17) is 4.99 Å². The van der Waals surface area contributed by atoms with Crippen LogP contribution < -0.4 is 0 Å². The first-order valence-corrected chi connectivity index (χ1v) is 11.8. The van der Waals surface area contributed by atoms with Crippen molar-refractivity contribution in [2.75, 3.05) is 7.05 Å². The molecule has 0 aliphatic carbocycles. The SMILES string of the molecule is CN1C(c2ccccc2)CC(N=Cc2ccccc2)C(c2ccccc2)C1c1ccccc1. The van der Waals surface area contributed by atoms with E-state index in [0.29, 0.717) is 6.04 Å². The second-order valence-electron chi connectivity index (χ2n) is 8.88. The summed E-state index contributed by atoms with van der Waals surface area (Å²) in [6.07, 6.45) is 3.04. The third-order valence-corrected chi connectivity index (χ3v) is 6.87. The molecule has 1 saturated heterocycles. The molecule has 0 amide bonds. The third kappa shape index (κ3) is 4.67. The first-order chi connectivity index (χ1) is 16.3. The second kappa shape index (κ2) is 9.97. The Morgan fingerprint density at radius 3 is 1.70 bits per heavy atom. The Balaban J connectivity index is 1.62. The molecule has 0 bridgehead atoms. The van der Waals surface area contributed by atoms with Crippen LogP contribution in [-0.4, -0.2) is 24.2 Å². The van der Waals surface area contributed by atoms with Crippen LogP contribution in [0.2, 0.25) is 0 Å². The average molecular weight is 431 g/mol. The summed E-state index contributed by atoms with van der Waals surface area (Å²) in [5.74, 6) is 0.263. The molecule has 1 fully saturated rings. The molecule has 0 aromatic heterocycles. The molecule has 33 heavy (non-hydrogen) atoms. The molecule has 2 heteroatoms. The first-order valence-electron chi connectivity index (χ1n) is 11.8. The highest BCUT2D eigenvalue weighted by Crippen LogP contribution is 2.49. The Morgan fingerprint density at radius 1 is 0.636 bits per heavy atom. The number of aliphatic imine (C=N–C) groups is 1. The van der Waals surface area contributed by atoms with Crippen LogP contribution in [-0.2, 0) is 0 Å². The molecule has 1 heterocycles. The van der Waals surface area contributed by atoms with Gasteiger partial charge in [0.15, 0.2) is 0 Å². The zero-order chi connectivity index (χ0) is 22.5. The van der Waals surface area contributed by atoms with Crippen LogP contribution in [0.15, 0.2) is 126 Å². The lowest BCUT2D eigenvalue weighted by molar-refractivity contribution is 0.0808. The number of likely N-dealkylation sites (tertiary alicyclic amines) is 1. The molecular formula is C31H30N2. The van der Waals surface area contributed by atoms with E-state index in [1.807, 2.05) is 0 Å². The van der Waals surface area contributed by atoms with E-state index >= 15 is 0 Å². The van der Waals surface area contributed by atoms with Crippen molar-refractivity contribution in [3.05, 3.63) is 144 Å². The van der Waals surface area contributed by atoms with Gasteiger partial charge in [0.1, 0.15) is 0 Å². The van der Waals surface area contributed by atoms with Gasteiger partial charge < -0.3 is 0 Å². The van der Waals surface area contributed by atoms with Crippen molar-refractivity contribution in [2.45, 2.75) is 30.5 Å². The number of hydrogen-bond acceptors (Lipinski definition) is 2. The molecule has 1 aliphatic heterocycles. The molecule has 2 nitrogen and oxygen atoms in total. The average Bonchev–Trinajstić information content (AvgIpc) is 2.89. The molecule has 1 aliphatic rings. The minimum absolute atomic E-state index is 0.166. The second-order valence-corrected chi connectivity index (χ2v) is 8.88. The van der Waals surface area contributed by atoms with Crippen LogP contribution in [0.25, 0.3) is 0 Å². The molecule has 4 atom stereocenters. The quantitative estimate of drug-likeness (QED) is 0.309. The van der Waals surface area contributed by atoms with Crippen molar-refractivity contribution in [3.8, 4) is 0 Å². The molecule has 4 unspecified atom stereocenters. The normalized spacial score (nSPS) is 23.5. The van der Waals surface area contributed by atoms with Gasteiger partial charge in [-0.1, -0.05) is 121 Å². The van der Waals surface area contributed by atoms with E-state index in [9.17, 15) is 0 Å². The lowest BCUT2D eigenvalue weighted by Crippen LogP contribution is -2.44. The zero-order valence-corrected chi connectivity index (χ0v) is 19.0. The molecule has 0 radical (unpaired) electrons. The molecule has 0 N–H and O–H groups in total. The van der Waals surface area contributed by atoms with Gasteiger partial charge in [0.05, 0.1) is 6.04 Å². The van der Waals surface area contributed by atoms with Gasteiger partial charge in [-0.2, -0.15) is 0 Å². The number of hydrogen-bond donors (Lipinski definition) is 0. The lowest BCUT2D eigenvalue weighted by Gasteiger charge is -2.48. The third-order valence-electron chi connectivity index (χ3n) is 6.87. The number of nitrogens with zero attached hydrogens (tertiary/aromatic N) is 2. The largest absolute Gasteiger partial charge is 0.292 e. The standard InChI is InChI=1S/C31H30N2/c1-33-29(25-16-8-3-9-17-25)22-28(32-23-24-14-6-2-7-15-24)30(26-18-10-4-11-19-26)31(33)27-20-12-5-13-21-27/h2-21,23,28-31H,22H2,1H3. The van der Waals surface area contributed by atoms with E-state index in [0.717, 1.165) is 12.0 Å². The maximum atomic E-state index is 5.25. The number of rotatable bonds is 5. The minimum atomic E-state index is 0.166. The van der Waals surface area contributed by atoms with Crippen molar-refractivity contribution in [2.24, 2.45) is 4.99 Å². The fourth-order valence-corrected chi connectivity index (χ4v) is 5.29. The Morgan fingerprint density at radius 2 is 1.12 bits per heavy atom. The van der Waals surface area contributed by atoms with Gasteiger partial charge in [-0.25, -0.2) is 0 Å². The van der Waals surface area contributed by atoms with Gasteiger partial charge in [0.25, 0.3) is 0 Å². The molecule has 4 aromatic rings. The van der Waals surface area contributed by atoms with Gasteiger partial charge in [0.2, 0.25) is 0 Å². The van der Waals surface area contributed by atoms with Crippen molar-refractivity contribution in [3.63, 3.8) is 0 Å². The fourth-order valence-electron chi connectivity index (χ4n) is 5.29. The predicted molar refractivity (Wildman–Crippen MR) is 138 cm³/mol. The number of benzene rings is 4. The topological polar surface area (TPSA) is 15.6 Å². The highest BCUT2D eigenvalue weighted by atomic mass is 15.2. The summed E-state index contributed by atoms with van der Waals surface area (Å²) in [7, 11) is 2.28. The maximum absolute atomic E-state index is 5.25. The summed E-state index contributed by atoms with van der Waals surface area (Å²) in [4.78, 5) is 7.81. The molecule has 5 rings (SSSR count). The van der Waals surface area contributed by atoms with E-state index in [2.05, 4.69) is 139 Å². The number of likely N-dealkylation sites (N-methyl/N-ethyl adjacent to an activating group) is 1.